The lowest BCUT2D eigenvalue weighted by atomic mass is 9.95. The monoisotopic (exact) mass is 308 g/mol. The summed E-state index contributed by atoms with van der Waals surface area (Å²) in [5.74, 6) is 1.45. The molecular formula is C13H17ClN6O. The van der Waals surface area contributed by atoms with Crippen molar-refractivity contribution in [3.05, 3.63) is 23.7 Å². The van der Waals surface area contributed by atoms with Crippen LogP contribution in [0.4, 0.5) is 5.95 Å². The number of aliphatic hydroxyl groups is 1. The van der Waals surface area contributed by atoms with Crippen LogP contribution in [0, 0.1) is 5.92 Å². The van der Waals surface area contributed by atoms with Crippen molar-refractivity contribution in [2.75, 3.05) is 24.6 Å². The van der Waals surface area contributed by atoms with Gasteiger partial charge in [-0.05, 0) is 42.8 Å². The van der Waals surface area contributed by atoms with E-state index in [4.69, 9.17) is 16.7 Å². The number of aliphatic hydroxyl groups excluding tert-OH is 1. The van der Waals surface area contributed by atoms with Gasteiger partial charge in [0.05, 0.1) is 0 Å². The zero-order valence-electron chi connectivity index (χ0n) is 11.6. The molecule has 0 amide bonds. The Hall–Kier alpha value is -1.73. The highest BCUT2D eigenvalue weighted by atomic mass is 35.5. The Morgan fingerprint density at radius 3 is 2.90 bits per heavy atom. The predicted octanol–water partition coefficient (Wildman–Crippen LogP) is 1.31. The van der Waals surface area contributed by atoms with Gasteiger partial charge < -0.3 is 10.0 Å². The molecule has 0 spiro atoms. The molecule has 1 atom stereocenters. The molecule has 0 saturated carbocycles. The summed E-state index contributed by atoms with van der Waals surface area (Å²) in [6.45, 7) is 1.94. The van der Waals surface area contributed by atoms with Gasteiger partial charge in [0.25, 0.3) is 5.95 Å². The molecule has 2 aromatic heterocycles. The second-order valence-electron chi connectivity index (χ2n) is 5.12. The highest BCUT2D eigenvalue weighted by Crippen LogP contribution is 2.23. The van der Waals surface area contributed by atoms with E-state index in [9.17, 15) is 0 Å². The summed E-state index contributed by atoms with van der Waals surface area (Å²) >= 11 is 6.01. The summed E-state index contributed by atoms with van der Waals surface area (Å²) in [5.41, 5.74) is 0. The van der Waals surface area contributed by atoms with Crippen molar-refractivity contribution in [1.29, 1.82) is 0 Å². The third kappa shape index (κ3) is 3.30. The van der Waals surface area contributed by atoms with Crippen molar-refractivity contribution < 1.29 is 5.11 Å². The Bertz CT molecular complexity index is 588. The van der Waals surface area contributed by atoms with Gasteiger partial charge in [0, 0.05) is 32.1 Å². The van der Waals surface area contributed by atoms with Gasteiger partial charge in [-0.15, -0.1) is 0 Å². The third-order valence-corrected chi connectivity index (χ3v) is 3.80. The second-order valence-corrected chi connectivity index (χ2v) is 5.46. The Morgan fingerprint density at radius 1 is 1.29 bits per heavy atom. The number of rotatable bonds is 4. The second kappa shape index (κ2) is 6.36. The predicted molar refractivity (Wildman–Crippen MR) is 78.6 cm³/mol. The van der Waals surface area contributed by atoms with Crippen molar-refractivity contribution in [2.24, 2.45) is 5.92 Å². The largest absolute Gasteiger partial charge is 0.396 e. The fourth-order valence-corrected chi connectivity index (χ4v) is 2.78. The van der Waals surface area contributed by atoms with Crippen molar-refractivity contribution in [3.8, 4) is 5.95 Å². The van der Waals surface area contributed by atoms with Crippen molar-refractivity contribution in [1.82, 2.24) is 24.7 Å². The summed E-state index contributed by atoms with van der Waals surface area (Å²) < 4.78 is 1.56. The molecule has 3 rings (SSSR count). The minimum absolute atomic E-state index is 0.162. The van der Waals surface area contributed by atoms with Crippen LogP contribution < -0.4 is 4.90 Å². The maximum absolute atomic E-state index is 9.10. The van der Waals surface area contributed by atoms with E-state index in [2.05, 4.69) is 25.0 Å². The van der Waals surface area contributed by atoms with Gasteiger partial charge in [-0.25, -0.2) is 4.68 Å². The highest BCUT2D eigenvalue weighted by molar-refractivity contribution is 6.28. The standard InChI is InChI=1S/C13H17ClN6O/c14-11-16-12(18-13(17-11)20-7-2-5-15-20)19-6-1-3-10(9-19)4-8-21/h2,5,7,10,21H,1,3-4,6,8-9H2. The molecule has 1 N–H and O–H groups in total. The van der Waals surface area contributed by atoms with Crippen LogP contribution in [0.1, 0.15) is 19.3 Å². The normalized spacial score (nSPS) is 19.0. The molecule has 0 radical (unpaired) electrons. The number of halogens is 1. The summed E-state index contributed by atoms with van der Waals surface area (Å²) in [6.07, 6.45) is 6.42. The molecule has 1 aliphatic heterocycles. The molecule has 0 aliphatic carbocycles. The number of piperidine rings is 1. The average molecular weight is 309 g/mol. The fourth-order valence-electron chi connectivity index (χ4n) is 2.63. The lowest BCUT2D eigenvalue weighted by Gasteiger charge is -2.32. The number of nitrogens with zero attached hydrogens (tertiary/aromatic N) is 6. The lowest BCUT2D eigenvalue weighted by molar-refractivity contribution is 0.244. The van der Waals surface area contributed by atoms with E-state index in [0.29, 0.717) is 17.8 Å². The van der Waals surface area contributed by atoms with E-state index in [1.54, 1.807) is 23.1 Å². The maximum Gasteiger partial charge on any atom is 0.256 e. The number of aromatic nitrogens is 5. The molecule has 7 nitrogen and oxygen atoms in total. The first-order chi connectivity index (χ1) is 10.3. The molecule has 0 bridgehead atoms. The van der Waals surface area contributed by atoms with E-state index in [1.165, 1.54) is 0 Å². The summed E-state index contributed by atoms with van der Waals surface area (Å²) in [6, 6.07) is 1.80. The molecule has 2 aromatic rings. The van der Waals surface area contributed by atoms with Crippen LogP contribution in [0.25, 0.3) is 5.95 Å². The average Bonchev–Trinajstić information content (AvgIpc) is 3.01. The third-order valence-electron chi connectivity index (χ3n) is 3.63. The minimum Gasteiger partial charge on any atom is -0.396 e. The molecule has 0 aromatic carbocycles. The highest BCUT2D eigenvalue weighted by Gasteiger charge is 2.22. The molecule has 21 heavy (non-hydrogen) atoms. The first kappa shape index (κ1) is 14.2. The van der Waals surface area contributed by atoms with E-state index in [0.717, 1.165) is 32.4 Å². The quantitative estimate of drug-likeness (QED) is 0.917. The summed E-state index contributed by atoms with van der Waals surface area (Å²) in [7, 11) is 0. The smallest absolute Gasteiger partial charge is 0.256 e. The van der Waals surface area contributed by atoms with Gasteiger partial charge in [-0.3, -0.25) is 0 Å². The molecule has 1 fully saturated rings. The van der Waals surface area contributed by atoms with Gasteiger partial charge in [-0.1, -0.05) is 0 Å². The Kier molecular flexibility index (Phi) is 4.31. The lowest BCUT2D eigenvalue weighted by Crippen LogP contribution is -2.37. The van der Waals surface area contributed by atoms with E-state index < -0.39 is 0 Å². The van der Waals surface area contributed by atoms with E-state index in [-0.39, 0.29) is 11.9 Å². The van der Waals surface area contributed by atoms with Crippen LogP contribution in [0.15, 0.2) is 18.5 Å². The molecular weight excluding hydrogens is 292 g/mol. The first-order valence-corrected chi connectivity index (χ1v) is 7.41. The van der Waals surface area contributed by atoms with Gasteiger partial charge in [-0.2, -0.15) is 20.1 Å². The van der Waals surface area contributed by atoms with Crippen molar-refractivity contribution in [3.63, 3.8) is 0 Å². The van der Waals surface area contributed by atoms with Crippen LogP contribution in [-0.2, 0) is 0 Å². The minimum atomic E-state index is 0.162. The Balaban J connectivity index is 1.84. The zero-order valence-corrected chi connectivity index (χ0v) is 12.3. The molecule has 1 saturated heterocycles. The van der Waals surface area contributed by atoms with Gasteiger partial charge in [0.1, 0.15) is 0 Å². The van der Waals surface area contributed by atoms with Gasteiger partial charge in [0.15, 0.2) is 0 Å². The van der Waals surface area contributed by atoms with E-state index in [1.807, 2.05) is 0 Å². The summed E-state index contributed by atoms with van der Waals surface area (Å²) in [5, 5.41) is 13.4. The van der Waals surface area contributed by atoms with Crippen LogP contribution in [0.3, 0.4) is 0 Å². The Morgan fingerprint density at radius 2 is 2.14 bits per heavy atom. The topological polar surface area (TPSA) is 80.0 Å². The molecule has 1 aliphatic rings. The van der Waals surface area contributed by atoms with Crippen LogP contribution in [-0.4, -0.2) is 49.5 Å². The number of hydrogen-bond acceptors (Lipinski definition) is 6. The fraction of sp³-hybridized carbons (Fsp3) is 0.538. The molecule has 112 valence electrons. The molecule has 1 unspecified atom stereocenters. The van der Waals surface area contributed by atoms with Crippen LogP contribution in [0.2, 0.25) is 5.28 Å². The maximum atomic E-state index is 9.10. The van der Waals surface area contributed by atoms with Gasteiger partial charge in [0.2, 0.25) is 11.2 Å². The zero-order chi connectivity index (χ0) is 14.7. The van der Waals surface area contributed by atoms with Gasteiger partial charge >= 0.3 is 0 Å². The first-order valence-electron chi connectivity index (χ1n) is 7.03. The Labute approximate surface area is 127 Å². The number of hydrogen-bond donors (Lipinski definition) is 1. The number of anilines is 1. The van der Waals surface area contributed by atoms with Crippen LogP contribution >= 0.6 is 11.6 Å². The SMILES string of the molecule is OCCC1CCCN(c2nc(Cl)nc(-n3cccn3)n2)C1. The van der Waals surface area contributed by atoms with Crippen molar-refractivity contribution in [2.45, 2.75) is 19.3 Å². The molecule has 3 heterocycles. The van der Waals surface area contributed by atoms with Crippen molar-refractivity contribution >= 4 is 17.5 Å². The molecule has 8 heteroatoms. The van der Waals surface area contributed by atoms with Crippen LogP contribution in [0.5, 0.6) is 0 Å². The van der Waals surface area contributed by atoms with E-state index >= 15 is 0 Å². The summed E-state index contributed by atoms with van der Waals surface area (Å²) in [4.78, 5) is 14.9.